The molecule has 4 aromatic rings. The molecule has 0 heterocycles. The zero-order valence-corrected chi connectivity index (χ0v) is 26.0. The molecule has 2 aliphatic carbocycles. The number of benzene rings is 4. The Labute approximate surface area is 224 Å². The molecule has 4 aromatic carbocycles. The van der Waals surface area contributed by atoms with Crippen molar-refractivity contribution in [1.29, 1.82) is 0 Å². The first-order valence-electron chi connectivity index (χ1n) is 12.0. The van der Waals surface area contributed by atoms with Crippen molar-refractivity contribution in [3.8, 4) is 22.3 Å². The van der Waals surface area contributed by atoms with E-state index in [1.165, 1.54) is 27.8 Å². The third-order valence-electron chi connectivity index (χ3n) is 8.09. The van der Waals surface area contributed by atoms with Gasteiger partial charge >= 0.3 is 201 Å². The molecular weight excluding hydrogens is 563 g/mol. The van der Waals surface area contributed by atoms with Gasteiger partial charge in [0.15, 0.2) is 0 Å². The Morgan fingerprint density at radius 2 is 1.06 bits per heavy atom. The van der Waals surface area contributed by atoms with Crippen molar-refractivity contribution in [2.24, 2.45) is 0 Å². The van der Waals surface area contributed by atoms with Gasteiger partial charge in [0.1, 0.15) is 0 Å². The van der Waals surface area contributed by atoms with Crippen molar-refractivity contribution in [2.45, 2.75) is 23.4 Å². The van der Waals surface area contributed by atoms with Gasteiger partial charge in [0.25, 0.3) is 0 Å². The van der Waals surface area contributed by atoms with Crippen molar-refractivity contribution in [3.05, 3.63) is 125 Å². The zero-order valence-electron chi connectivity index (χ0n) is 20.5. The molecule has 0 nitrogen and oxygen atoms in total. The minimum absolute atomic E-state index is 0. The minimum atomic E-state index is -3.47. The van der Waals surface area contributed by atoms with Crippen LogP contribution in [0.25, 0.3) is 28.3 Å². The van der Waals surface area contributed by atoms with E-state index in [0.717, 1.165) is 0 Å². The van der Waals surface area contributed by atoms with Crippen LogP contribution in [0.15, 0.2) is 103 Å². The van der Waals surface area contributed by atoms with Gasteiger partial charge in [-0.2, -0.15) is 0 Å². The Morgan fingerprint density at radius 3 is 1.66 bits per heavy atom. The summed E-state index contributed by atoms with van der Waals surface area (Å²) in [5.41, 5.74) is 13.3. The van der Waals surface area contributed by atoms with E-state index < -0.39 is 17.4 Å². The van der Waals surface area contributed by atoms with Crippen LogP contribution in [0.5, 0.6) is 0 Å². The van der Waals surface area contributed by atoms with Gasteiger partial charge in [-0.1, -0.05) is 0 Å². The van der Waals surface area contributed by atoms with Gasteiger partial charge < -0.3 is 0 Å². The average molecular weight is 595 g/mol. The van der Waals surface area contributed by atoms with Crippen LogP contribution in [0.2, 0.25) is 9.26 Å². The van der Waals surface area contributed by atoms with Gasteiger partial charge in [-0.3, -0.25) is 0 Å². The van der Waals surface area contributed by atoms with Crippen LogP contribution in [-0.2, 0) is 17.4 Å². The van der Waals surface area contributed by atoms with Crippen molar-refractivity contribution < 1.29 is 17.4 Å². The van der Waals surface area contributed by atoms with Crippen molar-refractivity contribution in [1.82, 2.24) is 0 Å². The maximum absolute atomic E-state index is 3.47. The molecule has 0 saturated carbocycles. The predicted molar refractivity (Wildman–Crippen MR) is 157 cm³/mol. The van der Waals surface area contributed by atoms with E-state index in [1.54, 1.807) is 22.3 Å². The maximum atomic E-state index is 2.72. The van der Waals surface area contributed by atoms with E-state index in [-0.39, 0.29) is 24.8 Å². The van der Waals surface area contributed by atoms with Gasteiger partial charge in [0, 0.05) is 0 Å². The minimum Gasteiger partial charge on any atom is -0.147 e. The van der Waals surface area contributed by atoms with Crippen LogP contribution in [-0.4, -0.2) is 6.88 Å². The molecule has 2 aliphatic rings. The van der Waals surface area contributed by atoms with Crippen LogP contribution in [0.1, 0.15) is 36.4 Å². The first-order chi connectivity index (χ1) is 15.9. The summed E-state index contributed by atoms with van der Waals surface area (Å²) in [5.74, 6) is 0. The number of allylic oxidation sites excluding steroid dienone is 1. The van der Waals surface area contributed by atoms with Crippen LogP contribution < -0.4 is 0 Å². The molecule has 0 fully saturated rings. The third-order valence-corrected chi connectivity index (χ3v) is 25.7. The fourth-order valence-corrected chi connectivity index (χ4v) is 26.9. The van der Waals surface area contributed by atoms with E-state index in [2.05, 4.69) is 126 Å². The summed E-state index contributed by atoms with van der Waals surface area (Å²) in [7, 11) is 0. The summed E-state index contributed by atoms with van der Waals surface area (Å²) in [6, 6.07) is 36.3. The van der Waals surface area contributed by atoms with Crippen molar-refractivity contribution >= 4 is 37.8 Å². The summed E-state index contributed by atoms with van der Waals surface area (Å²) < 4.78 is 6.52. The van der Waals surface area contributed by atoms with Crippen molar-refractivity contribution in [3.63, 3.8) is 0 Å². The number of rotatable bonds is 3. The molecule has 0 aliphatic heterocycles. The molecule has 0 radical (unpaired) electrons. The molecular formula is C31H32Cl2SiZr. The van der Waals surface area contributed by atoms with Gasteiger partial charge in [0.05, 0.1) is 0 Å². The van der Waals surface area contributed by atoms with E-state index in [9.17, 15) is 0 Å². The molecule has 6 rings (SSSR count). The predicted octanol–water partition coefficient (Wildman–Crippen LogP) is 8.76. The number of halogens is 2. The fraction of sp³-hybridized carbons (Fsp3) is 0.161. The second-order valence-corrected chi connectivity index (χ2v) is 41.5. The molecule has 0 bridgehead atoms. The number of hydrogen-bond acceptors (Lipinski definition) is 0. The van der Waals surface area contributed by atoms with Gasteiger partial charge in [-0.05, 0) is 0 Å². The topological polar surface area (TPSA) is 0 Å². The first kappa shape index (κ1) is 26.4. The Kier molecular flexibility index (Phi) is 7.01. The van der Waals surface area contributed by atoms with Crippen molar-refractivity contribution in [2.75, 3.05) is 0 Å². The number of fused-ring (bicyclic) bond motifs is 4. The second kappa shape index (κ2) is 9.31. The Hall–Kier alpha value is -1.70. The van der Waals surface area contributed by atoms with E-state index in [1.807, 2.05) is 0 Å². The quantitative estimate of drug-likeness (QED) is 0.208. The second-order valence-electron chi connectivity index (χ2n) is 11.0. The van der Waals surface area contributed by atoms with Crippen LogP contribution in [0, 0.1) is 0 Å². The maximum Gasteiger partial charge on any atom is -0.147 e. The average Bonchev–Trinajstić information content (AvgIpc) is 3.35. The zero-order chi connectivity index (χ0) is 22.8. The fourth-order valence-electron chi connectivity index (χ4n) is 7.02. The van der Waals surface area contributed by atoms with Crippen LogP contribution >= 0.6 is 24.8 Å². The molecule has 178 valence electrons. The van der Waals surface area contributed by atoms with E-state index >= 15 is 0 Å². The molecule has 4 heteroatoms. The molecule has 0 aromatic heterocycles. The molecule has 0 N–H and O–H groups in total. The molecule has 1 atom stereocenters. The third kappa shape index (κ3) is 3.98. The van der Waals surface area contributed by atoms with Crippen LogP contribution in [0.3, 0.4) is 0 Å². The standard InChI is InChI=1S/C16H13.C13H9.2CH3.2ClH.H2Si.Zr/c1-12-10-14-8-5-9-15(16(14)11-12)13-6-3-2-4-7-13;1-3-7-12-10(5-1)9-11-6-2-4-8-13(11)12;;;;;;/h2-11H,1H3;1-9H;2*1H3;2*1H;1H2;. The molecule has 0 amide bonds. The molecule has 0 saturated heterocycles. The SMILES string of the molecule is CC1=Cc2c(-c3ccccc3)cccc2[CH]1[Zr]([CH3])([CH3])(=[SiH2])[CH]1c2ccccc2-c2ccccc21.Cl.Cl. The summed E-state index contributed by atoms with van der Waals surface area (Å²) in [6.07, 6.45) is 2.50. The van der Waals surface area contributed by atoms with Gasteiger partial charge in [-0.25, -0.2) is 0 Å². The molecule has 1 unspecified atom stereocenters. The Bertz CT molecular complexity index is 1470. The monoisotopic (exact) mass is 592 g/mol. The number of hydrogen-bond donors (Lipinski definition) is 0. The first-order valence-corrected chi connectivity index (χ1v) is 25.6. The summed E-state index contributed by atoms with van der Waals surface area (Å²) >= 11 is -3.47. The molecule has 0 spiro atoms. The molecule has 35 heavy (non-hydrogen) atoms. The van der Waals surface area contributed by atoms with Gasteiger partial charge in [-0.15, -0.1) is 24.8 Å². The smallest absolute Gasteiger partial charge is 0.147 e. The summed E-state index contributed by atoms with van der Waals surface area (Å²) in [6.45, 7) is 4.81. The normalized spacial score (nSPS) is 16.3. The van der Waals surface area contributed by atoms with E-state index in [4.69, 9.17) is 0 Å². The summed E-state index contributed by atoms with van der Waals surface area (Å²) in [4.78, 5) is 0. The summed E-state index contributed by atoms with van der Waals surface area (Å²) in [5, 5.41) is 0. The van der Waals surface area contributed by atoms with Crippen LogP contribution in [0.4, 0.5) is 0 Å². The Morgan fingerprint density at radius 1 is 0.571 bits per heavy atom. The largest absolute Gasteiger partial charge is 0.147 e. The van der Waals surface area contributed by atoms with E-state index in [0.29, 0.717) is 7.25 Å². The van der Waals surface area contributed by atoms with Gasteiger partial charge in [0.2, 0.25) is 0 Å². The Balaban J connectivity index is 0.00000144.